The van der Waals surface area contributed by atoms with Crippen molar-refractivity contribution in [2.45, 2.75) is 31.2 Å². The van der Waals surface area contributed by atoms with E-state index in [1.54, 1.807) is 18.2 Å². The minimum absolute atomic E-state index is 0.180. The van der Waals surface area contributed by atoms with Gasteiger partial charge in [-0.1, -0.05) is 28.1 Å². The Kier molecular flexibility index (Phi) is 6.59. The third kappa shape index (κ3) is 4.49. The number of sulfonamides is 1. The van der Waals surface area contributed by atoms with E-state index in [4.69, 9.17) is 18.0 Å². The van der Waals surface area contributed by atoms with Crippen molar-refractivity contribution in [2.24, 2.45) is 5.73 Å². The molecule has 0 amide bonds. The van der Waals surface area contributed by atoms with Gasteiger partial charge >= 0.3 is 0 Å². The molecular weight excluding hydrogens is 428 g/mol. The monoisotopic (exact) mass is 442 g/mol. The van der Waals surface area contributed by atoms with Gasteiger partial charge in [0.15, 0.2) is 0 Å². The molecule has 0 aromatic heterocycles. The van der Waals surface area contributed by atoms with Crippen molar-refractivity contribution in [3.63, 3.8) is 0 Å². The van der Waals surface area contributed by atoms with Gasteiger partial charge in [-0.25, -0.2) is 8.42 Å². The Labute approximate surface area is 142 Å². The number of rotatable bonds is 6. The average molecular weight is 444 g/mol. The van der Waals surface area contributed by atoms with E-state index in [1.807, 2.05) is 13.8 Å². The fourth-order valence-corrected chi connectivity index (χ4v) is 4.87. The van der Waals surface area contributed by atoms with E-state index in [0.29, 0.717) is 20.4 Å². The third-order valence-corrected chi connectivity index (χ3v) is 6.40. The molecule has 0 heterocycles. The van der Waals surface area contributed by atoms with Crippen LogP contribution in [0.25, 0.3) is 0 Å². The van der Waals surface area contributed by atoms with E-state index in [-0.39, 0.29) is 17.5 Å². The maximum atomic E-state index is 12.8. The molecule has 112 valence electrons. The Morgan fingerprint density at radius 2 is 2.00 bits per heavy atom. The first kappa shape index (κ1) is 18.0. The van der Waals surface area contributed by atoms with Crippen LogP contribution in [-0.4, -0.2) is 30.3 Å². The Morgan fingerprint density at radius 3 is 2.50 bits per heavy atom. The van der Waals surface area contributed by atoms with Crippen LogP contribution >= 0.6 is 44.1 Å². The number of nitrogens with two attached hydrogens (primary N) is 1. The number of hydrogen-bond donors (Lipinski definition) is 1. The second-order valence-electron chi connectivity index (χ2n) is 4.50. The van der Waals surface area contributed by atoms with Crippen LogP contribution in [0.1, 0.15) is 20.3 Å². The fraction of sp³-hybridized carbons (Fsp3) is 0.417. The van der Waals surface area contributed by atoms with Gasteiger partial charge in [-0.15, -0.1) is 0 Å². The zero-order chi connectivity index (χ0) is 15.5. The Morgan fingerprint density at radius 1 is 1.40 bits per heavy atom. The Hall–Kier alpha value is -0.0200. The number of hydrogen-bond acceptors (Lipinski definition) is 3. The minimum atomic E-state index is -3.61. The van der Waals surface area contributed by atoms with Crippen molar-refractivity contribution in [1.29, 1.82) is 0 Å². The van der Waals surface area contributed by atoms with Crippen molar-refractivity contribution in [3.8, 4) is 0 Å². The molecule has 0 aliphatic carbocycles. The van der Waals surface area contributed by atoms with Crippen LogP contribution in [0.4, 0.5) is 0 Å². The van der Waals surface area contributed by atoms with Crippen LogP contribution in [0.2, 0.25) is 0 Å². The molecule has 0 radical (unpaired) electrons. The van der Waals surface area contributed by atoms with E-state index in [1.165, 1.54) is 4.31 Å². The Bertz CT molecular complexity index is 603. The normalized spacial score (nSPS) is 12.1. The number of halogens is 2. The first-order valence-corrected chi connectivity index (χ1v) is 9.35. The topological polar surface area (TPSA) is 63.4 Å². The summed E-state index contributed by atoms with van der Waals surface area (Å²) in [7, 11) is -3.61. The van der Waals surface area contributed by atoms with Gasteiger partial charge in [0, 0.05) is 28.0 Å². The second-order valence-corrected chi connectivity index (χ2v) is 8.65. The van der Waals surface area contributed by atoms with Gasteiger partial charge in [0.2, 0.25) is 10.0 Å². The van der Waals surface area contributed by atoms with E-state index < -0.39 is 10.0 Å². The standard InChI is InChI=1S/C12H16Br2N2O2S2/c1-8(2)16(6-5-12(15)19)20(17,18)11-7-9(13)3-4-10(11)14/h3-4,7-8H,5-6H2,1-2H3,(H2,15,19). The summed E-state index contributed by atoms with van der Waals surface area (Å²) in [6.45, 7) is 3.92. The lowest BCUT2D eigenvalue weighted by Crippen LogP contribution is -2.39. The molecule has 0 saturated carbocycles. The molecule has 0 aliphatic rings. The summed E-state index contributed by atoms with van der Waals surface area (Å²) in [5, 5.41) is 0. The highest BCUT2D eigenvalue weighted by Crippen LogP contribution is 2.29. The summed E-state index contributed by atoms with van der Waals surface area (Å²) >= 11 is 11.4. The largest absolute Gasteiger partial charge is 0.393 e. The lowest BCUT2D eigenvalue weighted by Gasteiger charge is -2.26. The first-order chi connectivity index (χ1) is 9.16. The van der Waals surface area contributed by atoms with Crippen LogP contribution in [0.5, 0.6) is 0 Å². The second kappa shape index (κ2) is 7.31. The molecule has 0 aliphatic heterocycles. The van der Waals surface area contributed by atoms with Crippen LogP contribution < -0.4 is 5.73 Å². The molecule has 0 saturated heterocycles. The molecule has 1 rings (SSSR count). The lowest BCUT2D eigenvalue weighted by atomic mass is 10.3. The lowest BCUT2D eigenvalue weighted by molar-refractivity contribution is 0.362. The number of nitrogens with zero attached hydrogens (tertiary/aromatic N) is 1. The highest BCUT2D eigenvalue weighted by atomic mass is 79.9. The zero-order valence-electron chi connectivity index (χ0n) is 11.1. The molecule has 4 nitrogen and oxygen atoms in total. The van der Waals surface area contributed by atoms with Crippen LogP contribution in [0.15, 0.2) is 32.0 Å². The van der Waals surface area contributed by atoms with Gasteiger partial charge in [0.25, 0.3) is 0 Å². The van der Waals surface area contributed by atoms with Crippen molar-refractivity contribution < 1.29 is 8.42 Å². The van der Waals surface area contributed by atoms with E-state index in [9.17, 15) is 8.42 Å². The summed E-state index contributed by atoms with van der Waals surface area (Å²) in [6, 6.07) is 4.87. The summed E-state index contributed by atoms with van der Waals surface area (Å²) < 4.78 is 28.1. The minimum Gasteiger partial charge on any atom is -0.393 e. The van der Waals surface area contributed by atoms with Gasteiger partial charge in [0.05, 0.1) is 9.88 Å². The molecule has 0 bridgehead atoms. The molecule has 0 fully saturated rings. The van der Waals surface area contributed by atoms with Gasteiger partial charge < -0.3 is 5.73 Å². The maximum Gasteiger partial charge on any atom is 0.244 e. The smallest absolute Gasteiger partial charge is 0.244 e. The van der Waals surface area contributed by atoms with Crippen LogP contribution in [0, 0.1) is 0 Å². The van der Waals surface area contributed by atoms with E-state index >= 15 is 0 Å². The van der Waals surface area contributed by atoms with Gasteiger partial charge in [0.1, 0.15) is 0 Å². The molecule has 0 atom stereocenters. The number of thiocarbonyl (C=S) groups is 1. The summed E-state index contributed by atoms with van der Waals surface area (Å²) in [5.41, 5.74) is 5.47. The van der Waals surface area contributed by atoms with Crippen LogP contribution in [-0.2, 0) is 10.0 Å². The predicted molar refractivity (Wildman–Crippen MR) is 92.3 cm³/mol. The van der Waals surface area contributed by atoms with Crippen LogP contribution in [0.3, 0.4) is 0 Å². The third-order valence-electron chi connectivity index (χ3n) is 2.63. The SMILES string of the molecule is CC(C)N(CCC(N)=S)S(=O)(=O)c1cc(Br)ccc1Br. The van der Waals surface area contributed by atoms with Gasteiger partial charge in [-0.3, -0.25) is 0 Å². The molecule has 0 spiro atoms. The molecule has 8 heteroatoms. The number of benzene rings is 1. The van der Waals surface area contributed by atoms with Gasteiger partial charge in [-0.2, -0.15) is 4.31 Å². The molecule has 1 aromatic rings. The highest BCUT2D eigenvalue weighted by Gasteiger charge is 2.28. The van der Waals surface area contributed by atoms with Gasteiger partial charge in [-0.05, 0) is 48.0 Å². The van der Waals surface area contributed by atoms with Crippen molar-refractivity contribution >= 4 is 59.1 Å². The summed E-state index contributed by atoms with van der Waals surface area (Å²) in [4.78, 5) is 0.530. The summed E-state index contributed by atoms with van der Waals surface area (Å²) in [6.07, 6.45) is 0.359. The maximum absolute atomic E-state index is 12.8. The fourth-order valence-electron chi connectivity index (χ4n) is 1.68. The molecule has 2 N–H and O–H groups in total. The van der Waals surface area contributed by atoms with Crippen molar-refractivity contribution in [1.82, 2.24) is 4.31 Å². The first-order valence-electron chi connectivity index (χ1n) is 5.91. The van der Waals surface area contributed by atoms with Crippen molar-refractivity contribution in [3.05, 3.63) is 27.1 Å². The van der Waals surface area contributed by atoms with E-state index in [2.05, 4.69) is 31.9 Å². The molecular formula is C12H16Br2N2O2S2. The molecule has 0 unspecified atom stereocenters. The van der Waals surface area contributed by atoms with Crippen molar-refractivity contribution in [2.75, 3.05) is 6.54 Å². The van der Waals surface area contributed by atoms with E-state index in [0.717, 1.165) is 0 Å². The average Bonchev–Trinajstić information content (AvgIpc) is 2.31. The quantitative estimate of drug-likeness (QED) is 0.685. The molecule has 1 aromatic carbocycles. The zero-order valence-corrected chi connectivity index (χ0v) is 15.9. The molecule has 20 heavy (non-hydrogen) atoms. The summed E-state index contributed by atoms with van der Waals surface area (Å²) in [5.74, 6) is 0. The Balaban J connectivity index is 3.22. The predicted octanol–water partition coefficient (Wildman–Crippen LogP) is 3.29. The highest BCUT2D eigenvalue weighted by molar-refractivity contribution is 9.11.